The SMILES string of the molecule is CC[C@H](c1ccccc1)C1CCCC1=O. The zero-order chi connectivity index (χ0) is 10.7. The van der Waals surface area contributed by atoms with Crippen molar-refractivity contribution in [3.05, 3.63) is 35.9 Å². The Kier molecular flexibility index (Phi) is 3.20. The molecule has 0 aliphatic heterocycles. The molecule has 1 aliphatic carbocycles. The van der Waals surface area contributed by atoms with Crippen molar-refractivity contribution < 1.29 is 4.79 Å². The highest BCUT2D eigenvalue weighted by molar-refractivity contribution is 5.83. The van der Waals surface area contributed by atoms with Gasteiger partial charge in [0.1, 0.15) is 5.78 Å². The van der Waals surface area contributed by atoms with Gasteiger partial charge in [-0.1, -0.05) is 37.3 Å². The highest BCUT2D eigenvalue weighted by atomic mass is 16.1. The second kappa shape index (κ2) is 4.61. The number of hydrogen-bond donors (Lipinski definition) is 0. The Bertz CT molecular complexity index is 328. The molecule has 0 N–H and O–H groups in total. The van der Waals surface area contributed by atoms with Gasteiger partial charge in [0.2, 0.25) is 0 Å². The monoisotopic (exact) mass is 202 g/mol. The second-order valence-corrected chi connectivity index (χ2v) is 4.39. The van der Waals surface area contributed by atoms with Crippen LogP contribution in [0.4, 0.5) is 0 Å². The number of Topliss-reactive ketones (excluding diaryl/α,β-unsaturated/α-hetero) is 1. The van der Waals surface area contributed by atoms with E-state index in [1.54, 1.807) is 0 Å². The van der Waals surface area contributed by atoms with Gasteiger partial charge in [-0.15, -0.1) is 0 Å². The highest BCUT2D eigenvalue weighted by Crippen LogP contribution is 2.36. The first kappa shape index (κ1) is 10.4. The van der Waals surface area contributed by atoms with Crippen LogP contribution in [0.1, 0.15) is 44.1 Å². The molecule has 80 valence electrons. The van der Waals surface area contributed by atoms with Crippen LogP contribution in [0.2, 0.25) is 0 Å². The Labute approximate surface area is 91.5 Å². The fourth-order valence-corrected chi connectivity index (χ4v) is 2.72. The van der Waals surface area contributed by atoms with Crippen LogP contribution in [0.3, 0.4) is 0 Å². The number of hydrogen-bond acceptors (Lipinski definition) is 1. The smallest absolute Gasteiger partial charge is 0.136 e. The molecule has 0 heterocycles. The van der Waals surface area contributed by atoms with Crippen LogP contribution in [-0.4, -0.2) is 5.78 Å². The molecule has 0 saturated heterocycles. The van der Waals surface area contributed by atoms with Crippen molar-refractivity contribution in [1.82, 2.24) is 0 Å². The van der Waals surface area contributed by atoms with Crippen LogP contribution in [0.5, 0.6) is 0 Å². The molecule has 15 heavy (non-hydrogen) atoms. The molecule has 2 rings (SSSR count). The van der Waals surface area contributed by atoms with Crippen molar-refractivity contribution in [2.24, 2.45) is 5.92 Å². The van der Waals surface area contributed by atoms with Gasteiger partial charge in [0, 0.05) is 12.3 Å². The lowest BCUT2D eigenvalue weighted by Gasteiger charge is -2.21. The zero-order valence-corrected chi connectivity index (χ0v) is 9.28. The van der Waals surface area contributed by atoms with E-state index in [-0.39, 0.29) is 5.92 Å². The summed E-state index contributed by atoms with van der Waals surface area (Å²) in [5.74, 6) is 1.21. The number of benzene rings is 1. The number of rotatable bonds is 3. The van der Waals surface area contributed by atoms with Crippen molar-refractivity contribution in [3.8, 4) is 0 Å². The molecule has 1 nitrogen and oxygen atoms in total. The maximum Gasteiger partial charge on any atom is 0.136 e. The first-order chi connectivity index (χ1) is 7.33. The summed E-state index contributed by atoms with van der Waals surface area (Å²) in [6.45, 7) is 2.18. The van der Waals surface area contributed by atoms with Gasteiger partial charge in [-0.05, 0) is 30.7 Å². The third kappa shape index (κ3) is 2.11. The average molecular weight is 202 g/mol. The Morgan fingerprint density at radius 2 is 2.07 bits per heavy atom. The van der Waals surface area contributed by atoms with Crippen LogP contribution < -0.4 is 0 Å². The molecule has 1 aliphatic rings. The molecular formula is C14H18O. The van der Waals surface area contributed by atoms with E-state index in [1.807, 2.05) is 6.07 Å². The maximum atomic E-state index is 11.7. The summed E-state index contributed by atoms with van der Waals surface area (Å²) in [5.41, 5.74) is 1.33. The van der Waals surface area contributed by atoms with Crippen LogP contribution in [-0.2, 0) is 4.79 Å². The standard InChI is InChI=1S/C14H18O/c1-2-12(11-7-4-3-5-8-11)13-9-6-10-14(13)15/h3-5,7-8,12-13H,2,6,9-10H2,1H3/t12-,13?/m1/s1. The molecule has 2 atom stereocenters. The lowest BCUT2D eigenvalue weighted by molar-refractivity contribution is -0.121. The molecule has 0 radical (unpaired) electrons. The van der Waals surface area contributed by atoms with Crippen LogP contribution in [0, 0.1) is 5.92 Å². The van der Waals surface area contributed by atoms with E-state index in [9.17, 15) is 4.79 Å². The third-order valence-corrected chi connectivity index (χ3v) is 3.51. The Morgan fingerprint density at radius 1 is 1.33 bits per heavy atom. The minimum Gasteiger partial charge on any atom is -0.299 e. The summed E-state index contributed by atoms with van der Waals surface area (Å²) in [7, 11) is 0. The van der Waals surface area contributed by atoms with Gasteiger partial charge in [-0.2, -0.15) is 0 Å². The van der Waals surface area contributed by atoms with E-state index in [2.05, 4.69) is 31.2 Å². The Morgan fingerprint density at radius 3 is 2.60 bits per heavy atom. The molecule has 1 unspecified atom stereocenters. The van der Waals surface area contributed by atoms with E-state index in [0.29, 0.717) is 11.7 Å². The summed E-state index contributed by atoms with van der Waals surface area (Å²) < 4.78 is 0. The normalized spacial score (nSPS) is 23.0. The van der Waals surface area contributed by atoms with Gasteiger partial charge in [0.25, 0.3) is 0 Å². The van der Waals surface area contributed by atoms with Crippen LogP contribution in [0.25, 0.3) is 0 Å². The van der Waals surface area contributed by atoms with E-state index in [0.717, 1.165) is 25.7 Å². The molecule has 1 aromatic carbocycles. The molecule has 1 fully saturated rings. The molecule has 0 amide bonds. The molecule has 1 aromatic rings. The van der Waals surface area contributed by atoms with E-state index >= 15 is 0 Å². The first-order valence-corrected chi connectivity index (χ1v) is 5.90. The fourth-order valence-electron chi connectivity index (χ4n) is 2.72. The third-order valence-electron chi connectivity index (χ3n) is 3.51. The van der Waals surface area contributed by atoms with Crippen LogP contribution in [0.15, 0.2) is 30.3 Å². The van der Waals surface area contributed by atoms with Gasteiger partial charge in [-0.25, -0.2) is 0 Å². The number of carbonyl (C=O) groups is 1. The van der Waals surface area contributed by atoms with E-state index in [4.69, 9.17) is 0 Å². The summed E-state index contributed by atoms with van der Waals surface area (Å²) in [4.78, 5) is 11.7. The topological polar surface area (TPSA) is 17.1 Å². The minimum atomic E-state index is 0.289. The van der Waals surface area contributed by atoms with Gasteiger partial charge in [0.15, 0.2) is 0 Å². The van der Waals surface area contributed by atoms with Crippen molar-refractivity contribution in [2.45, 2.75) is 38.5 Å². The van der Waals surface area contributed by atoms with Gasteiger partial charge in [-0.3, -0.25) is 4.79 Å². The molecule has 1 saturated carbocycles. The summed E-state index contributed by atoms with van der Waals surface area (Å²) in [6.07, 6.45) is 4.05. The quantitative estimate of drug-likeness (QED) is 0.732. The largest absolute Gasteiger partial charge is 0.299 e. The number of carbonyl (C=O) groups excluding carboxylic acids is 1. The fraction of sp³-hybridized carbons (Fsp3) is 0.500. The van der Waals surface area contributed by atoms with Crippen molar-refractivity contribution in [3.63, 3.8) is 0 Å². The van der Waals surface area contributed by atoms with Crippen molar-refractivity contribution in [1.29, 1.82) is 0 Å². The zero-order valence-electron chi connectivity index (χ0n) is 9.28. The highest BCUT2D eigenvalue weighted by Gasteiger charge is 2.31. The Balaban J connectivity index is 2.20. The molecule has 1 heteroatoms. The lowest BCUT2D eigenvalue weighted by Crippen LogP contribution is -2.16. The molecule has 0 spiro atoms. The van der Waals surface area contributed by atoms with Crippen molar-refractivity contribution in [2.75, 3.05) is 0 Å². The van der Waals surface area contributed by atoms with E-state index in [1.165, 1.54) is 5.56 Å². The average Bonchev–Trinajstić information content (AvgIpc) is 2.68. The van der Waals surface area contributed by atoms with Crippen molar-refractivity contribution >= 4 is 5.78 Å². The summed E-state index contributed by atoms with van der Waals surface area (Å²) in [5, 5.41) is 0. The maximum absolute atomic E-state index is 11.7. The predicted octanol–water partition coefficient (Wildman–Crippen LogP) is 3.55. The van der Waals surface area contributed by atoms with Gasteiger partial charge < -0.3 is 0 Å². The van der Waals surface area contributed by atoms with E-state index < -0.39 is 0 Å². The van der Waals surface area contributed by atoms with Crippen LogP contribution >= 0.6 is 0 Å². The first-order valence-electron chi connectivity index (χ1n) is 5.90. The second-order valence-electron chi connectivity index (χ2n) is 4.39. The number of ketones is 1. The van der Waals surface area contributed by atoms with Gasteiger partial charge in [0.05, 0.1) is 0 Å². The summed E-state index contributed by atoms with van der Waals surface area (Å²) >= 11 is 0. The summed E-state index contributed by atoms with van der Waals surface area (Å²) in [6, 6.07) is 10.5. The molecular weight excluding hydrogens is 184 g/mol. The minimum absolute atomic E-state index is 0.289. The molecule has 0 aromatic heterocycles. The van der Waals surface area contributed by atoms with Gasteiger partial charge >= 0.3 is 0 Å². The predicted molar refractivity (Wildman–Crippen MR) is 61.8 cm³/mol. The molecule has 0 bridgehead atoms. The lowest BCUT2D eigenvalue weighted by atomic mass is 9.82. The Hall–Kier alpha value is -1.11.